The number of hydrogen-bond donors (Lipinski definition) is 2. The molecule has 7 heteroatoms. The quantitative estimate of drug-likeness (QED) is 0.450. The van der Waals surface area contributed by atoms with E-state index in [0.717, 1.165) is 7.11 Å². The van der Waals surface area contributed by atoms with Gasteiger partial charge in [-0.15, -0.1) is 0 Å². The molecular formula is C8H17NO5S. The molecule has 0 fully saturated rings. The molecule has 0 bridgehead atoms. The Morgan fingerprint density at radius 1 is 1.47 bits per heavy atom. The van der Waals surface area contributed by atoms with Gasteiger partial charge in [0.25, 0.3) is 0 Å². The number of carbonyl (C=O) groups is 1. The Morgan fingerprint density at radius 2 is 2.07 bits per heavy atom. The number of sulfonamides is 1. The highest BCUT2D eigenvalue weighted by molar-refractivity contribution is 7.90. The summed E-state index contributed by atoms with van der Waals surface area (Å²) in [7, 11) is -2.52. The van der Waals surface area contributed by atoms with E-state index in [1.807, 2.05) is 0 Å². The lowest BCUT2D eigenvalue weighted by Crippen LogP contribution is -2.38. The fourth-order valence-corrected chi connectivity index (χ4v) is 1.90. The standard InChI is InChI=1S/C8H17NO5S/c1-7(8(11)14-2)15(12,13)9-5-3-4-6-10/h7,9-10H,3-6H2,1-2H3. The summed E-state index contributed by atoms with van der Waals surface area (Å²) in [4.78, 5) is 11.0. The van der Waals surface area contributed by atoms with Gasteiger partial charge >= 0.3 is 5.97 Å². The van der Waals surface area contributed by atoms with Crippen molar-refractivity contribution < 1.29 is 23.1 Å². The van der Waals surface area contributed by atoms with Crippen LogP contribution in [-0.4, -0.2) is 45.0 Å². The minimum Gasteiger partial charge on any atom is -0.468 e. The van der Waals surface area contributed by atoms with Gasteiger partial charge in [-0.2, -0.15) is 0 Å². The summed E-state index contributed by atoms with van der Waals surface area (Å²) >= 11 is 0. The van der Waals surface area contributed by atoms with Crippen LogP contribution in [0.25, 0.3) is 0 Å². The molecule has 0 saturated heterocycles. The zero-order chi connectivity index (χ0) is 11.9. The highest BCUT2D eigenvalue weighted by Gasteiger charge is 2.27. The third kappa shape index (κ3) is 5.10. The predicted molar refractivity (Wildman–Crippen MR) is 54.7 cm³/mol. The van der Waals surface area contributed by atoms with E-state index in [9.17, 15) is 13.2 Å². The van der Waals surface area contributed by atoms with Crippen LogP contribution >= 0.6 is 0 Å². The number of ether oxygens (including phenoxy) is 1. The van der Waals surface area contributed by atoms with Crippen molar-refractivity contribution in [2.75, 3.05) is 20.3 Å². The molecular weight excluding hydrogens is 222 g/mol. The fourth-order valence-electron chi connectivity index (χ4n) is 0.869. The normalized spacial score (nSPS) is 13.5. The average Bonchev–Trinajstić information content (AvgIpc) is 2.22. The molecule has 15 heavy (non-hydrogen) atoms. The molecule has 0 spiro atoms. The maximum Gasteiger partial charge on any atom is 0.325 e. The second kappa shape index (κ2) is 6.76. The number of unbranched alkanes of at least 4 members (excludes halogenated alkanes) is 1. The highest BCUT2D eigenvalue weighted by Crippen LogP contribution is 2.00. The molecule has 0 rings (SSSR count). The first-order valence-corrected chi connectivity index (χ1v) is 6.17. The Bertz CT molecular complexity index is 287. The Hall–Kier alpha value is -0.660. The van der Waals surface area contributed by atoms with Gasteiger partial charge in [-0.3, -0.25) is 4.79 Å². The van der Waals surface area contributed by atoms with Crippen molar-refractivity contribution in [1.29, 1.82) is 0 Å². The summed E-state index contributed by atoms with van der Waals surface area (Å²) in [5.74, 6) is -0.787. The van der Waals surface area contributed by atoms with E-state index in [4.69, 9.17) is 5.11 Å². The molecule has 0 aliphatic rings. The van der Waals surface area contributed by atoms with Gasteiger partial charge in [-0.1, -0.05) is 0 Å². The van der Waals surface area contributed by atoms with Crippen LogP contribution in [0.2, 0.25) is 0 Å². The van der Waals surface area contributed by atoms with Crippen molar-refractivity contribution in [3.05, 3.63) is 0 Å². The van der Waals surface area contributed by atoms with E-state index < -0.39 is 21.2 Å². The molecule has 0 aliphatic carbocycles. The second-order valence-electron chi connectivity index (χ2n) is 3.04. The Balaban J connectivity index is 4.12. The number of carbonyl (C=O) groups excluding carboxylic acids is 1. The molecule has 1 atom stereocenters. The first kappa shape index (κ1) is 14.3. The van der Waals surface area contributed by atoms with E-state index in [0.29, 0.717) is 12.8 Å². The highest BCUT2D eigenvalue weighted by atomic mass is 32.2. The van der Waals surface area contributed by atoms with Crippen LogP contribution in [0.3, 0.4) is 0 Å². The predicted octanol–water partition coefficient (Wildman–Crippen LogP) is -0.760. The van der Waals surface area contributed by atoms with Crippen LogP contribution in [0.4, 0.5) is 0 Å². The number of esters is 1. The number of nitrogens with one attached hydrogen (secondary N) is 1. The Labute approximate surface area is 89.7 Å². The average molecular weight is 239 g/mol. The second-order valence-corrected chi connectivity index (χ2v) is 5.12. The molecule has 2 N–H and O–H groups in total. The molecule has 0 amide bonds. The van der Waals surface area contributed by atoms with Crippen LogP contribution in [0.15, 0.2) is 0 Å². The monoisotopic (exact) mass is 239 g/mol. The maximum absolute atomic E-state index is 11.4. The van der Waals surface area contributed by atoms with Crippen LogP contribution in [0, 0.1) is 0 Å². The molecule has 0 aromatic carbocycles. The third-order valence-electron chi connectivity index (χ3n) is 1.89. The Morgan fingerprint density at radius 3 is 2.53 bits per heavy atom. The first-order valence-electron chi connectivity index (χ1n) is 4.63. The lowest BCUT2D eigenvalue weighted by Gasteiger charge is -2.11. The van der Waals surface area contributed by atoms with Crippen molar-refractivity contribution in [2.45, 2.75) is 25.0 Å². The Kier molecular flexibility index (Phi) is 6.46. The van der Waals surface area contributed by atoms with E-state index in [-0.39, 0.29) is 13.2 Å². The van der Waals surface area contributed by atoms with Gasteiger partial charge in [0.15, 0.2) is 5.25 Å². The van der Waals surface area contributed by atoms with Crippen LogP contribution in [0.1, 0.15) is 19.8 Å². The van der Waals surface area contributed by atoms with E-state index in [2.05, 4.69) is 9.46 Å². The summed E-state index contributed by atoms with van der Waals surface area (Å²) in [5.41, 5.74) is 0. The van der Waals surface area contributed by atoms with Crippen molar-refractivity contribution in [3.63, 3.8) is 0 Å². The zero-order valence-corrected chi connectivity index (χ0v) is 9.71. The molecule has 0 aromatic heterocycles. The van der Waals surface area contributed by atoms with Crippen LogP contribution in [-0.2, 0) is 19.6 Å². The summed E-state index contributed by atoms with van der Waals surface area (Å²) in [6.07, 6.45) is 1.05. The molecule has 90 valence electrons. The molecule has 0 aliphatic heterocycles. The number of aliphatic hydroxyl groups excluding tert-OH is 1. The molecule has 1 unspecified atom stereocenters. The number of rotatable bonds is 7. The summed E-state index contributed by atoms with van der Waals surface area (Å²) in [6, 6.07) is 0. The summed E-state index contributed by atoms with van der Waals surface area (Å²) in [6.45, 7) is 1.50. The van der Waals surface area contributed by atoms with Crippen molar-refractivity contribution in [3.8, 4) is 0 Å². The summed E-state index contributed by atoms with van der Waals surface area (Å²) in [5, 5.41) is 7.27. The zero-order valence-electron chi connectivity index (χ0n) is 8.89. The molecule has 6 nitrogen and oxygen atoms in total. The largest absolute Gasteiger partial charge is 0.468 e. The number of aliphatic hydroxyl groups is 1. The number of hydrogen-bond acceptors (Lipinski definition) is 5. The minimum atomic E-state index is -3.66. The van der Waals surface area contributed by atoms with Crippen molar-refractivity contribution >= 4 is 16.0 Å². The van der Waals surface area contributed by atoms with Gasteiger partial charge in [-0.25, -0.2) is 13.1 Å². The van der Waals surface area contributed by atoms with Crippen LogP contribution < -0.4 is 4.72 Å². The lowest BCUT2D eigenvalue weighted by molar-refractivity contribution is -0.139. The van der Waals surface area contributed by atoms with Crippen LogP contribution in [0.5, 0.6) is 0 Å². The van der Waals surface area contributed by atoms with E-state index in [1.165, 1.54) is 6.92 Å². The molecule has 0 aromatic rings. The maximum atomic E-state index is 11.4. The minimum absolute atomic E-state index is 0.0221. The molecule has 0 radical (unpaired) electrons. The topological polar surface area (TPSA) is 92.7 Å². The smallest absolute Gasteiger partial charge is 0.325 e. The first-order chi connectivity index (χ1) is 6.95. The lowest BCUT2D eigenvalue weighted by atomic mass is 10.3. The fraction of sp³-hybridized carbons (Fsp3) is 0.875. The SMILES string of the molecule is COC(=O)C(C)S(=O)(=O)NCCCCO. The van der Waals surface area contributed by atoms with Gasteiger partial charge in [-0.05, 0) is 19.8 Å². The van der Waals surface area contributed by atoms with Gasteiger partial charge in [0, 0.05) is 13.2 Å². The van der Waals surface area contributed by atoms with Gasteiger partial charge in [0.05, 0.1) is 7.11 Å². The van der Waals surface area contributed by atoms with Gasteiger partial charge in [0.1, 0.15) is 0 Å². The van der Waals surface area contributed by atoms with E-state index >= 15 is 0 Å². The number of methoxy groups -OCH3 is 1. The van der Waals surface area contributed by atoms with Gasteiger partial charge in [0.2, 0.25) is 10.0 Å². The van der Waals surface area contributed by atoms with Crippen molar-refractivity contribution in [2.24, 2.45) is 0 Å². The van der Waals surface area contributed by atoms with Crippen molar-refractivity contribution in [1.82, 2.24) is 4.72 Å². The molecule has 0 heterocycles. The van der Waals surface area contributed by atoms with E-state index in [1.54, 1.807) is 0 Å². The van der Waals surface area contributed by atoms with Gasteiger partial charge < -0.3 is 9.84 Å². The third-order valence-corrected chi connectivity index (χ3v) is 3.62. The summed E-state index contributed by atoms with van der Waals surface area (Å²) < 4.78 is 29.4. The molecule has 0 saturated carbocycles.